The van der Waals surface area contributed by atoms with Gasteiger partial charge in [-0.25, -0.2) is 9.18 Å². The van der Waals surface area contributed by atoms with Gasteiger partial charge in [-0.05, 0) is 53.8 Å². The number of aryl methyl sites for hydroxylation is 1. The molecule has 24 heavy (non-hydrogen) atoms. The van der Waals surface area contributed by atoms with Crippen LogP contribution in [0.2, 0.25) is 0 Å². The predicted octanol–water partition coefficient (Wildman–Crippen LogP) is 2.41. The molecule has 3 amide bonds. The average Bonchev–Trinajstić information content (AvgIpc) is 2.95. The van der Waals surface area contributed by atoms with Gasteiger partial charge in [-0.3, -0.25) is 4.79 Å². The first-order chi connectivity index (χ1) is 11.5. The quantitative estimate of drug-likeness (QED) is 0.806. The summed E-state index contributed by atoms with van der Waals surface area (Å²) in [6, 6.07) is 10.8. The SMILES string of the molecule is NC(=O)NCc1ccc(C(=O)NC2CCc3ccc(F)cc32)cc1. The van der Waals surface area contributed by atoms with E-state index in [1.165, 1.54) is 12.1 Å². The van der Waals surface area contributed by atoms with Gasteiger partial charge in [0.1, 0.15) is 5.82 Å². The van der Waals surface area contributed by atoms with Crippen molar-refractivity contribution in [2.24, 2.45) is 5.73 Å². The van der Waals surface area contributed by atoms with Crippen molar-refractivity contribution >= 4 is 11.9 Å². The zero-order valence-corrected chi connectivity index (χ0v) is 13.0. The highest BCUT2D eigenvalue weighted by Crippen LogP contribution is 2.31. The van der Waals surface area contributed by atoms with E-state index in [9.17, 15) is 14.0 Å². The topological polar surface area (TPSA) is 84.2 Å². The Balaban J connectivity index is 1.66. The van der Waals surface area contributed by atoms with E-state index in [0.29, 0.717) is 12.1 Å². The summed E-state index contributed by atoms with van der Waals surface area (Å²) in [4.78, 5) is 23.1. The molecule has 0 saturated carbocycles. The van der Waals surface area contributed by atoms with Crippen LogP contribution in [-0.4, -0.2) is 11.9 Å². The van der Waals surface area contributed by atoms with E-state index in [4.69, 9.17) is 5.73 Å². The second-order valence-corrected chi connectivity index (χ2v) is 5.82. The Morgan fingerprint density at radius 2 is 1.92 bits per heavy atom. The third-order valence-corrected chi connectivity index (χ3v) is 4.17. The normalized spacial score (nSPS) is 15.6. The summed E-state index contributed by atoms with van der Waals surface area (Å²) >= 11 is 0. The van der Waals surface area contributed by atoms with E-state index in [0.717, 1.165) is 29.5 Å². The number of rotatable bonds is 4. The highest BCUT2D eigenvalue weighted by Gasteiger charge is 2.24. The van der Waals surface area contributed by atoms with Crippen molar-refractivity contribution in [3.05, 3.63) is 70.5 Å². The minimum atomic E-state index is -0.594. The summed E-state index contributed by atoms with van der Waals surface area (Å²) in [5.41, 5.74) is 8.31. The standard InChI is InChI=1S/C18H18FN3O2/c19-14-7-5-12-6-8-16(15(12)9-14)22-17(23)13-3-1-11(2-4-13)10-21-18(20)24/h1-5,7,9,16H,6,8,10H2,(H,22,23)(H3,20,21,24). The summed E-state index contributed by atoms with van der Waals surface area (Å²) in [5, 5.41) is 5.44. The fourth-order valence-corrected chi connectivity index (χ4v) is 2.93. The number of nitrogens with two attached hydrogens (primary N) is 1. The van der Waals surface area contributed by atoms with Gasteiger partial charge in [-0.1, -0.05) is 18.2 Å². The Kier molecular flexibility index (Phi) is 4.46. The first-order valence-corrected chi connectivity index (χ1v) is 7.74. The van der Waals surface area contributed by atoms with Gasteiger partial charge < -0.3 is 16.4 Å². The van der Waals surface area contributed by atoms with Gasteiger partial charge >= 0.3 is 6.03 Å². The third-order valence-electron chi connectivity index (χ3n) is 4.17. The van der Waals surface area contributed by atoms with Crippen LogP contribution >= 0.6 is 0 Å². The molecule has 0 aromatic heterocycles. The lowest BCUT2D eigenvalue weighted by molar-refractivity contribution is 0.0936. The van der Waals surface area contributed by atoms with E-state index < -0.39 is 6.03 Å². The van der Waals surface area contributed by atoms with Crippen LogP contribution in [0, 0.1) is 5.82 Å². The first-order valence-electron chi connectivity index (χ1n) is 7.74. The van der Waals surface area contributed by atoms with Gasteiger partial charge in [0.2, 0.25) is 0 Å². The molecule has 0 heterocycles. The van der Waals surface area contributed by atoms with Crippen LogP contribution in [0.4, 0.5) is 9.18 Å². The summed E-state index contributed by atoms with van der Waals surface area (Å²) in [7, 11) is 0. The van der Waals surface area contributed by atoms with E-state index >= 15 is 0 Å². The number of hydrogen-bond acceptors (Lipinski definition) is 2. The fourth-order valence-electron chi connectivity index (χ4n) is 2.93. The summed E-state index contributed by atoms with van der Waals surface area (Å²) in [5.74, 6) is -0.493. The molecule has 0 aliphatic heterocycles. The number of urea groups is 1. The molecule has 2 aromatic rings. The molecule has 0 bridgehead atoms. The highest BCUT2D eigenvalue weighted by atomic mass is 19.1. The minimum Gasteiger partial charge on any atom is -0.352 e. The van der Waals surface area contributed by atoms with Gasteiger partial charge in [0.15, 0.2) is 0 Å². The summed E-state index contributed by atoms with van der Waals surface area (Å²) < 4.78 is 13.4. The van der Waals surface area contributed by atoms with Gasteiger partial charge in [0.25, 0.3) is 5.91 Å². The Morgan fingerprint density at radius 1 is 1.17 bits per heavy atom. The molecular weight excluding hydrogens is 309 g/mol. The zero-order valence-electron chi connectivity index (χ0n) is 13.0. The van der Waals surface area contributed by atoms with Gasteiger partial charge in [0.05, 0.1) is 6.04 Å². The van der Waals surface area contributed by atoms with Crippen molar-refractivity contribution < 1.29 is 14.0 Å². The number of amides is 3. The second kappa shape index (κ2) is 6.70. The fraction of sp³-hybridized carbons (Fsp3) is 0.222. The number of hydrogen-bond donors (Lipinski definition) is 3. The number of halogens is 1. The lowest BCUT2D eigenvalue weighted by atomic mass is 10.1. The number of nitrogens with one attached hydrogen (secondary N) is 2. The van der Waals surface area contributed by atoms with Crippen molar-refractivity contribution in [3.63, 3.8) is 0 Å². The molecule has 1 aliphatic rings. The molecular formula is C18H18FN3O2. The maximum atomic E-state index is 13.4. The Morgan fingerprint density at radius 3 is 2.62 bits per heavy atom. The first kappa shape index (κ1) is 16.0. The average molecular weight is 327 g/mol. The number of carbonyl (C=O) groups excluding carboxylic acids is 2. The highest BCUT2D eigenvalue weighted by molar-refractivity contribution is 5.94. The Labute approximate surface area is 139 Å². The third kappa shape index (κ3) is 3.53. The molecule has 0 radical (unpaired) electrons. The Bertz CT molecular complexity index is 774. The van der Waals surface area contributed by atoms with Crippen LogP contribution < -0.4 is 16.4 Å². The molecule has 124 valence electrons. The van der Waals surface area contributed by atoms with E-state index in [2.05, 4.69) is 10.6 Å². The minimum absolute atomic E-state index is 0.167. The van der Waals surface area contributed by atoms with Crippen LogP contribution in [0.25, 0.3) is 0 Å². The monoisotopic (exact) mass is 327 g/mol. The van der Waals surface area contributed by atoms with Crippen LogP contribution in [0.1, 0.15) is 39.5 Å². The molecule has 0 fully saturated rings. The molecule has 0 spiro atoms. The summed E-state index contributed by atoms with van der Waals surface area (Å²) in [6.07, 6.45) is 1.60. The van der Waals surface area contributed by atoms with Crippen molar-refractivity contribution in [3.8, 4) is 0 Å². The largest absolute Gasteiger partial charge is 0.352 e. The molecule has 0 saturated heterocycles. The molecule has 3 rings (SSSR count). The predicted molar refractivity (Wildman–Crippen MR) is 87.8 cm³/mol. The zero-order chi connectivity index (χ0) is 17.1. The van der Waals surface area contributed by atoms with Crippen molar-refractivity contribution in [2.75, 3.05) is 0 Å². The maximum Gasteiger partial charge on any atom is 0.312 e. The van der Waals surface area contributed by atoms with E-state index in [1.54, 1.807) is 30.3 Å². The van der Waals surface area contributed by atoms with Gasteiger partial charge in [-0.15, -0.1) is 0 Å². The molecule has 4 N–H and O–H groups in total. The van der Waals surface area contributed by atoms with Crippen molar-refractivity contribution in [2.45, 2.75) is 25.4 Å². The van der Waals surface area contributed by atoms with Crippen LogP contribution in [-0.2, 0) is 13.0 Å². The smallest absolute Gasteiger partial charge is 0.312 e. The van der Waals surface area contributed by atoms with Crippen LogP contribution in [0.15, 0.2) is 42.5 Å². The lowest BCUT2D eigenvalue weighted by Crippen LogP contribution is -2.29. The van der Waals surface area contributed by atoms with Gasteiger partial charge in [0, 0.05) is 12.1 Å². The lowest BCUT2D eigenvalue weighted by Gasteiger charge is -2.14. The van der Waals surface area contributed by atoms with Crippen LogP contribution in [0.3, 0.4) is 0 Å². The van der Waals surface area contributed by atoms with Crippen molar-refractivity contribution in [1.82, 2.24) is 10.6 Å². The Hall–Kier alpha value is -2.89. The number of primary amides is 1. The number of fused-ring (bicyclic) bond motifs is 1. The van der Waals surface area contributed by atoms with E-state index in [1.807, 2.05) is 0 Å². The molecule has 1 aliphatic carbocycles. The molecule has 1 atom stereocenters. The number of benzene rings is 2. The summed E-state index contributed by atoms with van der Waals surface area (Å²) in [6.45, 7) is 0.312. The molecule has 1 unspecified atom stereocenters. The van der Waals surface area contributed by atoms with Crippen molar-refractivity contribution in [1.29, 1.82) is 0 Å². The van der Waals surface area contributed by atoms with Gasteiger partial charge in [-0.2, -0.15) is 0 Å². The molecule has 6 heteroatoms. The number of carbonyl (C=O) groups is 2. The van der Waals surface area contributed by atoms with Crippen LogP contribution in [0.5, 0.6) is 0 Å². The maximum absolute atomic E-state index is 13.4. The second-order valence-electron chi connectivity index (χ2n) is 5.82. The molecule has 5 nitrogen and oxygen atoms in total. The molecule has 2 aromatic carbocycles. The van der Waals surface area contributed by atoms with E-state index in [-0.39, 0.29) is 17.8 Å².